The third-order valence-electron chi connectivity index (χ3n) is 13.3. The molecule has 4 heterocycles. The summed E-state index contributed by atoms with van der Waals surface area (Å²) in [5, 5.41) is 0.483. The zero-order valence-electron chi connectivity index (χ0n) is 42.5. The number of rotatable bonds is 27. The average molecular weight is 1070 g/mol. The third kappa shape index (κ3) is 13.8. The predicted octanol–water partition coefficient (Wildman–Crippen LogP) is 6.58. The normalized spacial score (nSPS) is 18.8. The van der Waals surface area contributed by atoms with E-state index in [0.717, 1.165) is 28.0 Å². The highest BCUT2D eigenvalue weighted by molar-refractivity contribution is 7.86. The van der Waals surface area contributed by atoms with Gasteiger partial charge < -0.3 is 38.2 Å². The smallest absolute Gasteiger partial charge is 0.333 e. The molecule has 19 nitrogen and oxygen atoms in total. The highest BCUT2D eigenvalue weighted by Gasteiger charge is 2.49. The minimum atomic E-state index is -4.71. The second-order valence-electron chi connectivity index (χ2n) is 19.1. The Kier molecular flexibility index (Phi) is 18.5. The molecule has 7 rings (SSSR count). The van der Waals surface area contributed by atoms with Crippen LogP contribution in [0, 0.1) is 0 Å². The number of anilines is 1. The Morgan fingerprint density at radius 3 is 2.07 bits per heavy atom. The van der Waals surface area contributed by atoms with Gasteiger partial charge in [0.25, 0.3) is 32.1 Å². The highest BCUT2D eigenvalue weighted by Crippen LogP contribution is 2.49. The summed E-state index contributed by atoms with van der Waals surface area (Å²) >= 11 is 0. The van der Waals surface area contributed by atoms with Crippen molar-refractivity contribution >= 4 is 72.0 Å². The van der Waals surface area contributed by atoms with E-state index in [2.05, 4.69) is 37.8 Å². The molecule has 74 heavy (non-hydrogen) atoms. The topological polar surface area (TPSA) is 234 Å². The van der Waals surface area contributed by atoms with E-state index < -0.39 is 54.7 Å². The van der Waals surface area contributed by atoms with Crippen LogP contribution >= 0.6 is 0 Å². The number of hydroxylamine groups is 2. The van der Waals surface area contributed by atoms with Crippen LogP contribution in [0.5, 0.6) is 5.75 Å². The van der Waals surface area contributed by atoms with E-state index in [-0.39, 0.29) is 50.0 Å². The molecule has 1 saturated heterocycles. The van der Waals surface area contributed by atoms with Crippen LogP contribution < -0.4 is 9.64 Å². The van der Waals surface area contributed by atoms with E-state index >= 15 is 0 Å². The summed E-state index contributed by atoms with van der Waals surface area (Å²) < 4.78 is 106. The molecule has 2 N–H and O–H groups in total. The summed E-state index contributed by atoms with van der Waals surface area (Å²) in [6.45, 7) is 12.8. The van der Waals surface area contributed by atoms with Gasteiger partial charge in [-0.05, 0) is 76.0 Å². The van der Waals surface area contributed by atoms with Crippen LogP contribution in [0.1, 0.15) is 88.5 Å². The zero-order chi connectivity index (χ0) is 53.3. The first-order chi connectivity index (χ1) is 35.2. The fourth-order valence-electron chi connectivity index (χ4n) is 9.72. The molecule has 1 atom stereocenters. The number of amides is 2. The summed E-state index contributed by atoms with van der Waals surface area (Å²) in [5.41, 5.74) is 5.08. The highest BCUT2D eigenvalue weighted by atomic mass is 32.2. The maximum atomic E-state index is 13.1. The van der Waals surface area contributed by atoms with Crippen molar-refractivity contribution < 1.29 is 78.2 Å². The molecular weight excluding hydrogens is 999 g/mol. The second kappa shape index (κ2) is 24.4. The summed E-state index contributed by atoms with van der Waals surface area (Å²) in [7, 11) is -7.47. The fraction of sp³-hybridized carbons (Fsp3) is 0.472. The van der Waals surface area contributed by atoms with Gasteiger partial charge in [-0.1, -0.05) is 36.4 Å². The minimum Gasteiger partial charge on any atom is -0.456 e. The zero-order valence-corrected chi connectivity index (χ0v) is 44.1. The monoisotopic (exact) mass is 1060 g/mol. The minimum absolute atomic E-state index is 0.0303. The van der Waals surface area contributed by atoms with Crippen molar-refractivity contribution in [2.75, 3.05) is 90.3 Å². The summed E-state index contributed by atoms with van der Waals surface area (Å²) in [5.74, 6) is -1.55. The number of carbonyl (C=O) groups is 3. The molecule has 21 heteroatoms. The van der Waals surface area contributed by atoms with Crippen LogP contribution in [-0.2, 0) is 68.6 Å². The van der Waals surface area contributed by atoms with Gasteiger partial charge in [-0.3, -0.25) is 18.7 Å². The molecular formula is C53H66N3O16S2+. The van der Waals surface area contributed by atoms with Crippen molar-refractivity contribution in [3.63, 3.8) is 0 Å². The van der Waals surface area contributed by atoms with E-state index in [1.165, 1.54) is 18.2 Å². The number of benzene rings is 3. The third-order valence-corrected chi connectivity index (χ3v) is 15.0. The lowest BCUT2D eigenvalue weighted by Crippen LogP contribution is -2.47. The molecule has 4 aliphatic heterocycles. The maximum Gasteiger partial charge on any atom is 0.333 e. The molecule has 1 fully saturated rings. The quantitative estimate of drug-likeness (QED) is 0.0355. The average Bonchev–Trinajstić information content (AvgIpc) is 3.78. The Hall–Kier alpha value is -5.62. The van der Waals surface area contributed by atoms with Crippen LogP contribution in [0.4, 0.5) is 11.4 Å². The van der Waals surface area contributed by atoms with Gasteiger partial charge in [-0.25, -0.2) is 4.79 Å². The molecule has 400 valence electrons. The summed E-state index contributed by atoms with van der Waals surface area (Å²) in [6, 6.07) is 17.8. The lowest BCUT2D eigenvalue weighted by molar-refractivity contribution is -0.437. The number of hydrogen-bond donors (Lipinski definition) is 2. The Balaban J connectivity index is 1.23. The van der Waals surface area contributed by atoms with Gasteiger partial charge in [-0.2, -0.15) is 21.4 Å². The van der Waals surface area contributed by atoms with E-state index in [1.54, 1.807) is 7.11 Å². The van der Waals surface area contributed by atoms with Gasteiger partial charge in [0.05, 0.1) is 81.1 Å². The Labute approximate surface area is 432 Å². The molecule has 0 radical (unpaired) electrons. The van der Waals surface area contributed by atoms with Crippen LogP contribution in [0.3, 0.4) is 0 Å². The van der Waals surface area contributed by atoms with Gasteiger partial charge in [-0.15, -0.1) is 5.06 Å². The molecule has 0 spiro atoms. The Morgan fingerprint density at radius 2 is 1.45 bits per heavy atom. The van der Waals surface area contributed by atoms with Gasteiger partial charge in [0.15, 0.2) is 5.71 Å². The van der Waals surface area contributed by atoms with E-state index in [1.807, 2.05) is 60.0 Å². The van der Waals surface area contributed by atoms with Crippen LogP contribution in [0.2, 0.25) is 0 Å². The van der Waals surface area contributed by atoms with E-state index in [4.69, 9.17) is 33.3 Å². The molecule has 1 unspecified atom stereocenters. The predicted molar refractivity (Wildman–Crippen MR) is 275 cm³/mol. The van der Waals surface area contributed by atoms with Gasteiger partial charge in [0, 0.05) is 85.5 Å². The number of nitrogens with zero attached hydrogens (tertiary/aromatic N) is 3. The number of imide groups is 1. The SMILES string of the molecule is COCCOCCOCCOCCOCCN1c2cc3c(cc2C(C)=CC1(C)C)C(=CC1=[N+](CCCS(=O)(=O)O)c2ccc(S(=O)(=O)O)cc2C1(C)CCCC(=O)ON1C(=O)CCC1=O)C=C(c1ccccc1)O3. The van der Waals surface area contributed by atoms with Crippen LogP contribution in [0.15, 0.2) is 83.8 Å². The second-order valence-corrected chi connectivity index (χ2v) is 22.1. The molecule has 4 aliphatic rings. The Morgan fingerprint density at radius 1 is 0.811 bits per heavy atom. The maximum absolute atomic E-state index is 13.1. The summed E-state index contributed by atoms with van der Waals surface area (Å²) in [6.07, 6.45) is 5.95. The molecule has 0 bridgehead atoms. The molecule has 2 amide bonds. The van der Waals surface area contributed by atoms with E-state index in [0.29, 0.717) is 105 Å². The first kappa shape index (κ1) is 56.1. The number of fused-ring (bicyclic) bond motifs is 3. The van der Waals surface area contributed by atoms with Crippen molar-refractivity contribution in [2.24, 2.45) is 0 Å². The molecule has 0 aromatic heterocycles. The van der Waals surface area contributed by atoms with Crippen molar-refractivity contribution in [2.45, 2.75) is 82.1 Å². The van der Waals surface area contributed by atoms with Gasteiger partial charge >= 0.3 is 5.97 Å². The first-order valence-electron chi connectivity index (χ1n) is 24.6. The fourth-order valence-corrected chi connectivity index (χ4v) is 10.7. The van der Waals surface area contributed by atoms with Gasteiger partial charge in [0.2, 0.25) is 5.69 Å². The van der Waals surface area contributed by atoms with Crippen LogP contribution in [-0.4, -0.2) is 150 Å². The number of methoxy groups -OCH3 is 1. The van der Waals surface area contributed by atoms with Crippen molar-refractivity contribution in [1.82, 2.24) is 5.06 Å². The van der Waals surface area contributed by atoms with E-state index in [9.17, 15) is 40.3 Å². The number of allylic oxidation sites excluding steroid dienone is 4. The van der Waals surface area contributed by atoms with Gasteiger partial charge in [0.1, 0.15) is 18.1 Å². The summed E-state index contributed by atoms with van der Waals surface area (Å²) in [4.78, 5) is 44.7. The van der Waals surface area contributed by atoms with Crippen LogP contribution in [0.25, 0.3) is 16.9 Å². The number of ether oxygens (including phenoxy) is 6. The van der Waals surface area contributed by atoms with Crippen molar-refractivity contribution in [1.29, 1.82) is 0 Å². The molecule has 3 aromatic carbocycles. The number of hydrogen-bond acceptors (Lipinski definition) is 15. The number of carbonyl (C=O) groups excluding carboxylic acids is 3. The molecule has 3 aromatic rings. The molecule has 0 aliphatic carbocycles. The lowest BCUT2D eigenvalue weighted by Gasteiger charge is -2.44. The standard InChI is InChI=1S/C53H65N3O16S2/c1-37-36-52(2,3)55(20-21-67-24-25-69-28-29-70-27-26-68-23-22-66-5)45-35-47-42(34-41(37)45)39(31-46(71-47)38-11-7-6-8-12-38)32-48-53(4,18-9-13-51(59)72-56-49(57)16-17-50(56)58)43-33-40(74(63,64)65)14-15-44(43)54(48)19-10-30-73(60,61)62/h6-8,11-12,14-15,31-36H,9-10,13,16-30H2,1-5H3,(H-,60,61,62,63,64,65)/p+1. The van der Waals surface area contributed by atoms with Crippen molar-refractivity contribution in [3.8, 4) is 5.75 Å². The molecule has 0 saturated carbocycles. The van der Waals surface area contributed by atoms with Crippen molar-refractivity contribution in [3.05, 3.63) is 101 Å². The lowest BCUT2D eigenvalue weighted by atomic mass is 9.74. The largest absolute Gasteiger partial charge is 0.456 e. The first-order valence-corrected chi connectivity index (χ1v) is 27.7. The Bertz CT molecular complexity index is 2920.